The second-order valence-electron chi connectivity index (χ2n) is 3.68. The first-order chi connectivity index (χ1) is 7.79. The van der Waals surface area contributed by atoms with Gasteiger partial charge in [0.15, 0.2) is 0 Å². The van der Waals surface area contributed by atoms with Gasteiger partial charge in [-0.05, 0) is 18.2 Å². The van der Waals surface area contributed by atoms with E-state index in [-0.39, 0.29) is 0 Å². The van der Waals surface area contributed by atoms with Crippen molar-refractivity contribution in [2.24, 2.45) is 0 Å². The zero-order valence-corrected chi connectivity index (χ0v) is 11.2. The lowest BCUT2D eigenvalue weighted by atomic mass is 10.1. The minimum Gasteiger partial charge on any atom is -0.387 e. The zero-order valence-electron chi connectivity index (χ0n) is 8.75. The van der Waals surface area contributed by atoms with Crippen LogP contribution >= 0.6 is 27.3 Å². The summed E-state index contributed by atoms with van der Waals surface area (Å²) in [5, 5.41) is 5.90. The van der Waals surface area contributed by atoms with Crippen LogP contribution in [0.5, 0.6) is 0 Å². The lowest BCUT2D eigenvalue weighted by Gasteiger charge is -2.02. The van der Waals surface area contributed by atoms with E-state index in [0.29, 0.717) is 0 Å². The molecule has 0 aliphatic rings. The summed E-state index contributed by atoms with van der Waals surface area (Å²) in [6.45, 7) is 0. The molecule has 0 unspecified atom stereocenters. The molecule has 1 N–H and O–H groups in total. The molecular weight excluding hydrogens is 282 g/mol. The second-order valence-corrected chi connectivity index (χ2v) is 5.65. The third-order valence-corrected chi connectivity index (χ3v) is 4.39. The van der Waals surface area contributed by atoms with E-state index < -0.39 is 0 Å². The van der Waals surface area contributed by atoms with Gasteiger partial charge in [0.25, 0.3) is 0 Å². The first kappa shape index (κ1) is 10.1. The quantitative estimate of drug-likeness (QED) is 0.675. The Morgan fingerprint density at radius 2 is 1.94 bits per heavy atom. The van der Waals surface area contributed by atoms with Gasteiger partial charge >= 0.3 is 0 Å². The molecule has 0 aliphatic carbocycles. The van der Waals surface area contributed by atoms with Gasteiger partial charge in [-0.25, -0.2) is 0 Å². The van der Waals surface area contributed by atoms with E-state index in [1.54, 1.807) is 0 Å². The van der Waals surface area contributed by atoms with Gasteiger partial charge in [-0.1, -0.05) is 34.1 Å². The maximum atomic E-state index is 3.56. The third kappa shape index (κ3) is 1.43. The van der Waals surface area contributed by atoms with Gasteiger partial charge in [-0.15, -0.1) is 11.3 Å². The fraction of sp³-hybridized carbons (Fsp3) is 0.0769. The molecule has 0 amide bonds. The highest BCUT2D eigenvalue weighted by Gasteiger charge is 2.08. The molecule has 3 rings (SSSR count). The van der Waals surface area contributed by atoms with E-state index in [1.807, 2.05) is 18.4 Å². The Hall–Kier alpha value is -1.06. The number of fused-ring (bicyclic) bond motifs is 3. The van der Waals surface area contributed by atoms with E-state index in [4.69, 9.17) is 0 Å². The molecule has 0 saturated carbocycles. The summed E-state index contributed by atoms with van der Waals surface area (Å²) in [6, 6.07) is 12.8. The molecule has 80 valence electrons. The second kappa shape index (κ2) is 3.75. The number of nitrogens with one attached hydrogen (secondary N) is 1. The lowest BCUT2D eigenvalue weighted by molar-refractivity contribution is 1.55. The predicted molar refractivity (Wildman–Crippen MR) is 76.6 cm³/mol. The Morgan fingerprint density at radius 1 is 1.12 bits per heavy atom. The van der Waals surface area contributed by atoms with Gasteiger partial charge in [0, 0.05) is 27.0 Å². The zero-order chi connectivity index (χ0) is 11.1. The van der Waals surface area contributed by atoms with Crippen molar-refractivity contribution in [3.8, 4) is 0 Å². The van der Waals surface area contributed by atoms with E-state index in [0.717, 1.165) is 4.47 Å². The summed E-state index contributed by atoms with van der Waals surface area (Å²) < 4.78 is 3.78. The summed E-state index contributed by atoms with van der Waals surface area (Å²) in [5.41, 5.74) is 1.19. The van der Waals surface area contributed by atoms with Crippen LogP contribution in [0.3, 0.4) is 0 Å². The molecule has 1 aromatic heterocycles. The van der Waals surface area contributed by atoms with Crippen LogP contribution in [0.2, 0.25) is 0 Å². The summed E-state index contributed by atoms with van der Waals surface area (Å²) >= 11 is 5.40. The Labute approximate surface area is 106 Å². The molecule has 0 radical (unpaired) electrons. The van der Waals surface area contributed by atoms with Crippen LogP contribution in [-0.4, -0.2) is 7.05 Å². The number of anilines is 1. The number of thiophene rings is 1. The first-order valence-corrected chi connectivity index (χ1v) is 6.69. The summed E-state index contributed by atoms with van der Waals surface area (Å²) in [6.07, 6.45) is 0. The molecule has 1 nitrogen and oxygen atoms in total. The molecule has 3 aromatic rings. The first-order valence-electron chi connectivity index (χ1n) is 5.08. The van der Waals surface area contributed by atoms with Crippen LogP contribution in [-0.2, 0) is 0 Å². The normalized spacial score (nSPS) is 11.1. The number of rotatable bonds is 1. The van der Waals surface area contributed by atoms with E-state index >= 15 is 0 Å². The van der Waals surface area contributed by atoms with Gasteiger partial charge < -0.3 is 5.32 Å². The summed E-state index contributed by atoms with van der Waals surface area (Å²) in [7, 11) is 1.96. The van der Waals surface area contributed by atoms with E-state index in [1.165, 1.54) is 25.9 Å². The average molecular weight is 292 g/mol. The van der Waals surface area contributed by atoms with Crippen molar-refractivity contribution < 1.29 is 0 Å². The molecule has 0 bridgehead atoms. The van der Waals surface area contributed by atoms with Crippen LogP contribution in [0.15, 0.2) is 40.9 Å². The summed E-state index contributed by atoms with van der Waals surface area (Å²) in [4.78, 5) is 0. The van der Waals surface area contributed by atoms with Crippen LogP contribution < -0.4 is 5.32 Å². The van der Waals surface area contributed by atoms with E-state index in [2.05, 4.69) is 57.6 Å². The van der Waals surface area contributed by atoms with Crippen molar-refractivity contribution in [3.05, 3.63) is 40.9 Å². The molecule has 0 spiro atoms. The largest absolute Gasteiger partial charge is 0.387 e. The van der Waals surface area contributed by atoms with Crippen LogP contribution in [0, 0.1) is 0 Å². The smallest absolute Gasteiger partial charge is 0.0587 e. The SMILES string of the molecule is CNc1cc(Br)cc2c1sc1ccccc12. The molecule has 16 heavy (non-hydrogen) atoms. The van der Waals surface area contributed by atoms with Gasteiger partial charge in [-0.2, -0.15) is 0 Å². The number of benzene rings is 2. The minimum absolute atomic E-state index is 1.12. The van der Waals surface area contributed by atoms with E-state index in [9.17, 15) is 0 Å². The molecule has 0 fully saturated rings. The molecular formula is C13H10BrNS. The van der Waals surface area contributed by atoms with Crippen molar-refractivity contribution in [1.29, 1.82) is 0 Å². The molecule has 0 aliphatic heterocycles. The fourth-order valence-corrected chi connectivity index (χ4v) is 3.64. The van der Waals surface area contributed by atoms with Crippen molar-refractivity contribution in [3.63, 3.8) is 0 Å². The number of halogens is 1. The Bertz CT molecular complexity index is 672. The molecule has 0 atom stereocenters. The highest BCUT2D eigenvalue weighted by Crippen LogP contribution is 2.39. The lowest BCUT2D eigenvalue weighted by Crippen LogP contribution is -1.87. The Balaban J connectivity index is 2.54. The molecule has 2 aromatic carbocycles. The molecule has 0 saturated heterocycles. The summed E-state index contributed by atoms with van der Waals surface area (Å²) in [5.74, 6) is 0. The fourth-order valence-electron chi connectivity index (χ4n) is 1.98. The van der Waals surface area contributed by atoms with Crippen molar-refractivity contribution >= 4 is 53.1 Å². The Morgan fingerprint density at radius 3 is 2.75 bits per heavy atom. The maximum Gasteiger partial charge on any atom is 0.0587 e. The van der Waals surface area contributed by atoms with Gasteiger partial charge in [0.1, 0.15) is 0 Å². The maximum absolute atomic E-state index is 3.56. The molecule has 1 heterocycles. The Kier molecular flexibility index (Phi) is 2.37. The predicted octanol–water partition coefficient (Wildman–Crippen LogP) is 4.86. The highest BCUT2D eigenvalue weighted by molar-refractivity contribution is 9.10. The van der Waals surface area contributed by atoms with Gasteiger partial charge in [0.2, 0.25) is 0 Å². The standard InChI is InChI=1S/C13H10BrNS/c1-15-11-7-8(14)6-10-9-4-2-3-5-12(9)16-13(10)11/h2-7,15H,1H3. The van der Waals surface area contributed by atoms with Gasteiger partial charge in [-0.3, -0.25) is 0 Å². The van der Waals surface area contributed by atoms with Crippen LogP contribution in [0.1, 0.15) is 0 Å². The minimum atomic E-state index is 1.12. The average Bonchev–Trinajstić information content (AvgIpc) is 2.67. The van der Waals surface area contributed by atoms with Crippen molar-refractivity contribution in [1.82, 2.24) is 0 Å². The van der Waals surface area contributed by atoms with Crippen LogP contribution in [0.25, 0.3) is 20.2 Å². The third-order valence-electron chi connectivity index (χ3n) is 2.71. The highest BCUT2D eigenvalue weighted by atomic mass is 79.9. The monoisotopic (exact) mass is 291 g/mol. The van der Waals surface area contributed by atoms with Crippen LogP contribution in [0.4, 0.5) is 5.69 Å². The van der Waals surface area contributed by atoms with Gasteiger partial charge in [0.05, 0.1) is 10.4 Å². The van der Waals surface area contributed by atoms with Crippen molar-refractivity contribution in [2.45, 2.75) is 0 Å². The topological polar surface area (TPSA) is 12.0 Å². The number of hydrogen-bond donors (Lipinski definition) is 1. The van der Waals surface area contributed by atoms with Crippen molar-refractivity contribution in [2.75, 3.05) is 12.4 Å². The molecule has 3 heteroatoms. The number of hydrogen-bond acceptors (Lipinski definition) is 2.